The van der Waals surface area contributed by atoms with Gasteiger partial charge in [-0.1, -0.05) is 84.9 Å². The summed E-state index contributed by atoms with van der Waals surface area (Å²) in [5, 5.41) is 0. The molecule has 0 N–H and O–H groups in total. The van der Waals surface area contributed by atoms with E-state index in [0.717, 1.165) is 16.0 Å². The molecule has 0 radical (unpaired) electrons. The molecule has 0 spiro atoms. The molecule has 1 aliphatic heterocycles. The van der Waals surface area contributed by atoms with Gasteiger partial charge < -0.3 is 4.74 Å². The average Bonchev–Trinajstić information content (AvgIpc) is 3.13. The second kappa shape index (κ2) is 8.55. The zero-order valence-corrected chi connectivity index (χ0v) is 17.5. The van der Waals surface area contributed by atoms with Crippen molar-refractivity contribution in [3.63, 3.8) is 0 Å². The maximum absolute atomic E-state index is 13.4. The van der Waals surface area contributed by atoms with Gasteiger partial charge in [-0.25, -0.2) is 9.69 Å². The van der Waals surface area contributed by atoms with Crippen molar-refractivity contribution in [3.8, 4) is 0 Å². The van der Waals surface area contributed by atoms with Gasteiger partial charge in [0.05, 0.1) is 22.4 Å². The molecule has 1 aliphatic rings. The SMILES string of the molecule is O=C(OC(c1ccccc1)c1ccccc1)c1ccccc1N1C(=O)c2ccccc2C1=O. The van der Waals surface area contributed by atoms with Gasteiger partial charge in [0.25, 0.3) is 11.8 Å². The summed E-state index contributed by atoms with van der Waals surface area (Å²) >= 11 is 0. The number of hydrogen-bond donors (Lipinski definition) is 0. The standard InChI is InChI=1S/C28H19NO4/c30-26-21-15-7-8-16-22(21)27(31)29(26)24-18-10-9-17-23(24)28(32)33-25(19-11-3-1-4-12-19)20-13-5-2-6-14-20/h1-18,25H. The van der Waals surface area contributed by atoms with E-state index in [-0.39, 0.29) is 11.3 Å². The molecule has 0 fully saturated rings. The normalized spacial score (nSPS) is 12.7. The topological polar surface area (TPSA) is 63.7 Å². The molecular formula is C28H19NO4. The number of carbonyl (C=O) groups excluding carboxylic acids is 3. The number of nitrogens with zero attached hydrogens (tertiary/aromatic N) is 1. The Morgan fingerprint density at radius 2 is 1.06 bits per heavy atom. The fourth-order valence-electron chi connectivity index (χ4n) is 4.00. The molecule has 5 rings (SSSR count). The van der Waals surface area contributed by atoms with Crippen molar-refractivity contribution in [2.45, 2.75) is 6.10 Å². The van der Waals surface area contributed by atoms with Crippen molar-refractivity contribution in [1.82, 2.24) is 0 Å². The summed E-state index contributed by atoms with van der Waals surface area (Å²) in [5.74, 6) is -1.54. The van der Waals surface area contributed by atoms with Gasteiger partial charge in [0.1, 0.15) is 0 Å². The van der Waals surface area contributed by atoms with E-state index in [4.69, 9.17) is 4.74 Å². The number of ether oxygens (including phenoxy) is 1. The first-order valence-corrected chi connectivity index (χ1v) is 10.5. The molecule has 2 amide bonds. The van der Waals surface area contributed by atoms with E-state index in [1.54, 1.807) is 48.5 Å². The van der Waals surface area contributed by atoms with Crippen molar-refractivity contribution in [2.75, 3.05) is 4.90 Å². The van der Waals surface area contributed by atoms with E-state index < -0.39 is 23.9 Å². The molecular weight excluding hydrogens is 414 g/mol. The third-order valence-electron chi connectivity index (χ3n) is 5.59. The molecule has 5 heteroatoms. The summed E-state index contributed by atoms with van der Waals surface area (Å²) in [6.45, 7) is 0. The highest BCUT2D eigenvalue weighted by Gasteiger charge is 2.38. The van der Waals surface area contributed by atoms with Crippen LogP contribution in [0.25, 0.3) is 0 Å². The fourth-order valence-corrected chi connectivity index (χ4v) is 4.00. The molecule has 1 heterocycles. The maximum Gasteiger partial charge on any atom is 0.341 e. The molecule has 0 saturated carbocycles. The van der Waals surface area contributed by atoms with E-state index >= 15 is 0 Å². The van der Waals surface area contributed by atoms with E-state index in [1.165, 1.54) is 0 Å². The van der Waals surface area contributed by atoms with Gasteiger partial charge in [0, 0.05) is 0 Å². The van der Waals surface area contributed by atoms with Crippen LogP contribution in [0.1, 0.15) is 48.3 Å². The van der Waals surface area contributed by atoms with E-state index in [2.05, 4.69) is 0 Å². The molecule has 33 heavy (non-hydrogen) atoms. The van der Waals surface area contributed by atoms with Crippen molar-refractivity contribution in [3.05, 3.63) is 137 Å². The third kappa shape index (κ3) is 3.70. The number of rotatable bonds is 5. The number of hydrogen-bond acceptors (Lipinski definition) is 4. The Kier molecular flexibility index (Phi) is 5.29. The number of para-hydroxylation sites is 1. The minimum absolute atomic E-state index is 0.142. The summed E-state index contributed by atoms with van der Waals surface area (Å²) in [4.78, 5) is 40.4. The van der Waals surface area contributed by atoms with Crippen molar-refractivity contribution in [1.29, 1.82) is 0 Å². The third-order valence-corrected chi connectivity index (χ3v) is 5.59. The zero-order chi connectivity index (χ0) is 22.8. The van der Waals surface area contributed by atoms with Crippen LogP contribution in [-0.2, 0) is 4.74 Å². The smallest absolute Gasteiger partial charge is 0.341 e. The van der Waals surface area contributed by atoms with Gasteiger partial charge in [-0.15, -0.1) is 0 Å². The predicted molar refractivity (Wildman–Crippen MR) is 124 cm³/mol. The lowest BCUT2D eigenvalue weighted by molar-refractivity contribution is 0.0379. The van der Waals surface area contributed by atoms with Crippen LogP contribution in [0.5, 0.6) is 0 Å². The van der Waals surface area contributed by atoms with Crippen molar-refractivity contribution < 1.29 is 19.1 Å². The molecule has 0 unspecified atom stereocenters. The molecule has 0 aliphatic carbocycles. The summed E-state index contributed by atoms with van der Waals surface area (Å²) < 4.78 is 5.97. The number of benzene rings is 4. The van der Waals surface area contributed by atoms with Crippen LogP contribution in [0.4, 0.5) is 5.69 Å². The maximum atomic E-state index is 13.4. The Bertz CT molecular complexity index is 1270. The molecule has 4 aromatic carbocycles. The summed E-state index contributed by atoms with van der Waals surface area (Å²) in [6, 6.07) is 32.0. The first-order valence-electron chi connectivity index (χ1n) is 10.5. The molecule has 0 saturated heterocycles. The van der Waals surface area contributed by atoms with E-state index in [9.17, 15) is 14.4 Å². The van der Waals surface area contributed by atoms with Gasteiger partial charge >= 0.3 is 5.97 Å². The van der Waals surface area contributed by atoms with E-state index in [0.29, 0.717) is 11.1 Å². The van der Waals surface area contributed by atoms with Crippen molar-refractivity contribution >= 4 is 23.5 Å². The van der Waals surface area contributed by atoms with Gasteiger partial charge in [0.2, 0.25) is 0 Å². The molecule has 0 bridgehead atoms. The Morgan fingerprint density at radius 3 is 1.61 bits per heavy atom. The Labute approximate surface area is 190 Å². The highest BCUT2D eigenvalue weighted by atomic mass is 16.5. The second-order valence-electron chi connectivity index (χ2n) is 7.62. The number of imide groups is 1. The zero-order valence-electron chi connectivity index (χ0n) is 17.5. The number of carbonyl (C=O) groups is 3. The summed E-state index contributed by atoms with van der Waals surface area (Å²) in [5.41, 5.74) is 2.61. The van der Waals surface area contributed by atoms with Crippen LogP contribution >= 0.6 is 0 Å². The van der Waals surface area contributed by atoms with Crippen LogP contribution in [0.2, 0.25) is 0 Å². The number of anilines is 1. The molecule has 160 valence electrons. The first-order chi connectivity index (χ1) is 16.1. The molecule has 5 nitrogen and oxygen atoms in total. The predicted octanol–water partition coefficient (Wildman–Crippen LogP) is 5.43. The minimum Gasteiger partial charge on any atom is -0.449 e. The van der Waals surface area contributed by atoms with Crippen LogP contribution in [0, 0.1) is 0 Å². The molecule has 4 aromatic rings. The minimum atomic E-state index is -0.643. The van der Waals surface area contributed by atoms with Crippen molar-refractivity contribution in [2.24, 2.45) is 0 Å². The van der Waals surface area contributed by atoms with Crippen LogP contribution < -0.4 is 4.90 Å². The lowest BCUT2D eigenvalue weighted by Crippen LogP contribution is -2.31. The van der Waals surface area contributed by atoms with Gasteiger partial charge in [-0.2, -0.15) is 0 Å². The summed E-state index contributed by atoms with van der Waals surface area (Å²) in [7, 11) is 0. The van der Waals surface area contributed by atoms with Gasteiger partial charge in [0.15, 0.2) is 6.10 Å². The van der Waals surface area contributed by atoms with Gasteiger partial charge in [-0.05, 0) is 35.4 Å². The van der Waals surface area contributed by atoms with Gasteiger partial charge in [-0.3, -0.25) is 9.59 Å². The highest BCUT2D eigenvalue weighted by Crippen LogP contribution is 2.33. The van der Waals surface area contributed by atoms with Crippen LogP contribution in [-0.4, -0.2) is 17.8 Å². The largest absolute Gasteiger partial charge is 0.449 e. The lowest BCUT2D eigenvalue weighted by Gasteiger charge is -2.21. The molecule has 0 atom stereocenters. The quantitative estimate of drug-likeness (QED) is 0.311. The fraction of sp³-hybridized carbons (Fsp3) is 0.0357. The highest BCUT2D eigenvalue weighted by molar-refractivity contribution is 6.35. The molecule has 0 aromatic heterocycles. The first kappa shape index (κ1) is 20.4. The second-order valence-corrected chi connectivity index (χ2v) is 7.62. The summed E-state index contributed by atoms with van der Waals surface area (Å²) in [6.07, 6.45) is -0.643. The number of fused-ring (bicyclic) bond motifs is 1. The van der Waals surface area contributed by atoms with Crippen LogP contribution in [0.15, 0.2) is 109 Å². The Balaban J connectivity index is 1.52. The van der Waals surface area contributed by atoms with E-state index in [1.807, 2.05) is 60.7 Å². The average molecular weight is 433 g/mol. The number of amides is 2. The lowest BCUT2D eigenvalue weighted by atomic mass is 10.0. The van der Waals surface area contributed by atoms with Crippen LogP contribution in [0.3, 0.4) is 0 Å². The Morgan fingerprint density at radius 1 is 0.606 bits per heavy atom. The Hall–Kier alpha value is -4.51. The number of esters is 1. The monoisotopic (exact) mass is 433 g/mol.